The molecule has 0 bridgehead atoms. The lowest BCUT2D eigenvalue weighted by Crippen LogP contribution is -2.55. The van der Waals surface area contributed by atoms with Crippen LogP contribution < -0.4 is 10.1 Å². The number of rotatable bonds is 5. The first kappa shape index (κ1) is 21.0. The van der Waals surface area contributed by atoms with Crippen LogP contribution in [0.3, 0.4) is 0 Å². The maximum absolute atomic E-state index is 13.4. The van der Waals surface area contributed by atoms with E-state index in [1.807, 2.05) is 24.3 Å². The molecule has 1 aliphatic rings. The van der Waals surface area contributed by atoms with Crippen LogP contribution in [-0.2, 0) is 0 Å². The van der Waals surface area contributed by atoms with Gasteiger partial charge in [-0.1, -0.05) is 11.6 Å². The highest BCUT2D eigenvalue weighted by atomic mass is 35.5. The van der Waals surface area contributed by atoms with Crippen molar-refractivity contribution in [1.82, 2.24) is 15.2 Å². The number of nitrogens with zero attached hydrogens (tertiary/aromatic N) is 2. The van der Waals surface area contributed by atoms with E-state index in [4.69, 9.17) is 16.3 Å². The summed E-state index contributed by atoms with van der Waals surface area (Å²) in [7, 11) is 0. The third-order valence-corrected chi connectivity index (χ3v) is 5.73. The summed E-state index contributed by atoms with van der Waals surface area (Å²) in [6, 6.07) is 13.2. The third-order valence-electron chi connectivity index (χ3n) is 5.42. The third kappa shape index (κ3) is 4.75. The van der Waals surface area contributed by atoms with E-state index >= 15 is 0 Å². The molecule has 0 spiro atoms. The Balaban J connectivity index is 1.52. The summed E-state index contributed by atoms with van der Waals surface area (Å²) in [5, 5.41) is 4.90. The molecule has 1 fully saturated rings. The minimum Gasteiger partial charge on any atom is -0.489 e. The summed E-state index contributed by atoms with van der Waals surface area (Å²) in [5.41, 5.74) is 2.53. The summed E-state index contributed by atoms with van der Waals surface area (Å²) in [6.07, 6.45) is 1.81. The van der Waals surface area contributed by atoms with Gasteiger partial charge in [0, 0.05) is 54.9 Å². The number of ether oxygens (including phenoxy) is 1. The van der Waals surface area contributed by atoms with E-state index in [0.717, 1.165) is 47.4 Å². The molecule has 4 nitrogen and oxygen atoms in total. The summed E-state index contributed by atoms with van der Waals surface area (Å²) in [5.74, 6) is 0.446. The van der Waals surface area contributed by atoms with Gasteiger partial charge >= 0.3 is 0 Å². The van der Waals surface area contributed by atoms with Gasteiger partial charge in [0.1, 0.15) is 17.7 Å². The minimum atomic E-state index is -0.347. The first-order valence-electron chi connectivity index (χ1n) is 10.4. The van der Waals surface area contributed by atoms with Crippen LogP contribution in [0.1, 0.15) is 20.8 Å². The molecule has 6 heteroatoms. The van der Waals surface area contributed by atoms with Crippen LogP contribution in [0.2, 0.25) is 5.02 Å². The number of piperazine rings is 1. The Labute approximate surface area is 182 Å². The quantitative estimate of drug-likeness (QED) is 0.611. The number of hydrogen-bond donors (Lipinski definition) is 1. The van der Waals surface area contributed by atoms with E-state index in [1.54, 1.807) is 12.3 Å². The zero-order valence-corrected chi connectivity index (χ0v) is 18.3. The van der Waals surface area contributed by atoms with Crippen LogP contribution in [0.15, 0.2) is 48.7 Å². The summed E-state index contributed by atoms with van der Waals surface area (Å²) < 4.78 is 19.6. The Morgan fingerprint density at radius 2 is 1.90 bits per heavy atom. The summed E-state index contributed by atoms with van der Waals surface area (Å²) in [6.45, 7) is 9.47. The van der Waals surface area contributed by atoms with Gasteiger partial charge in [-0.3, -0.25) is 9.88 Å². The highest BCUT2D eigenvalue weighted by molar-refractivity contribution is 6.33. The molecule has 4 rings (SSSR count). The van der Waals surface area contributed by atoms with Crippen molar-refractivity contribution in [3.63, 3.8) is 0 Å². The normalized spacial score (nSPS) is 21.0. The molecule has 30 heavy (non-hydrogen) atoms. The molecule has 0 aliphatic carbocycles. The predicted octanol–water partition coefficient (Wildman–Crippen LogP) is 5.14. The van der Waals surface area contributed by atoms with Gasteiger partial charge in [0.2, 0.25) is 0 Å². The number of nitrogens with one attached hydrogen (secondary N) is 1. The average Bonchev–Trinajstić information content (AvgIpc) is 2.66. The van der Waals surface area contributed by atoms with Crippen molar-refractivity contribution in [2.45, 2.75) is 39.0 Å². The van der Waals surface area contributed by atoms with Gasteiger partial charge < -0.3 is 10.1 Å². The molecule has 2 unspecified atom stereocenters. The van der Waals surface area contributed by atoms with E-state index in [9.17, 15) is 4.39 Å². The smallest absolute Gasteiger partial charge is 0.124 e. The molecular formula is C24H27ClFN3O. The van der Waals surface area contributed by atoms with E-state index in [0.29, 0.717) is 17.1 Å². The first-order chi connectivity index (χ1) is 14.4. The molecule has 1 aliphatic heterocycles. The fourth-order valence-corrected chi connectivity index (χ4v) is 4.64. The maximum Gasteiger partial charge on any atom is 0.124 e. The van der Waals surface area contributed by atoms with Crippen LogP contribution in [0.4, 0.5) is 4.39 Å². The van der Waals surface area contributed by atoms with Crippen LogP contribution in [0.25, 0.3) is 22.0 Å². The van der Waals surface area contributed by atoms with Gasteiger partial charge in [0.25, 0.3) is 0 Å². The lowest BCUT2D eigenvalue weighted by atomic mass is 10.0. The molecule has 1 N–H and O–H groups in total. The van der Waals surface area contributed by atoms with Crippen LogP contribution in [0.5, 0.6) is 5.75 Å². The number of aromatic nitrogens is 1. The predicted molar refractivity (Wildman–Crippen MR) is 121 cm³/mol. The standard InChI is InChI=1S/C24H27ClFN3O/c1-15-12-29(13-16(2)28-15)14-17(3)30-19-5-7-22-20(8-9-27-24(22)11-19)21-6-4-18(26)10-23(21)25/h4-11,15-17,28H,12-14H2,1-3H3/t15?,16?,17-/m1/s1. The van der Waals surface area contributed by atoms with Crippen molar-refractivity contribution in [3.8, 4) is 16.9 Å². The number of pyridine rings is 1. The topological polar surface area (TPSA) is 37.4 Å². The molecule has 158 valence electrons. The fourth-order valence-electron chi connectivity index (χ4n) is 4.37. The van der Waals surface area contributed by atoms with E-state index in [2.05, 4.69) is 36.0 Å². The van der Waals surface area contributed by atoms with Crippen molar-refractivity contribution in [1.29, 1.82) is 0 Å². The molecule has 1 aromatic heterocycles. The van der Waals surface area contributed by atoms with E-state index in [1.165, 1.54) is 12.1 Å². The number of halogens is 2. The Hall–Kier alpha value is -2.21. The van der Waals surface area contributed by atoms with Gasteiger partial charge in [0.05, 0.1) is 10.5 Å². The van der Waals surface area contributed by atoms with E-state index < -0.39 is 0 Å². The van der Waals surface area contributed by atoms with Gasteiger partial charge in [-0.2, -0.15) is 0 Å². The van der Waals surface area contributed by atoms with Crippen molar-refractivity contribution in [2.24, 2.45) is 0 Å². The van der Waals surface area contributed by atoms with Gasteiger partial charge in [0.15, 0.2) is 0 Å². The lowest BCUT2D eigenvalue weighted by molar-refractivity contribution is 0.108. The largest absolute Gasteiger partial charge is 0.489 e. The van der Waals surface area contributed by atoms with E-state index in [-0.39, 0.29) is 11.9 Å². The minimum absolute atomic E-state index is 0.0645. The highest BCUT2D eigenvalue weighted by Gasteiger charge is 2.22. The summed E-state index contributed by atoms with van der Waals surface area (Å²) in [4.78, 5) is 6.95. The molecule has 3 aromatic rings. The average molecular weight is 428 g/mol. The molecule has 3 atom stereocenters. The van der Waals surface area contributed by atoms with Crippen molar-refractivity contribution < 1.29 is 9.13 Å². The second kappa shape index (κ2) is 8.88. The maximum atomic E-state index is 13.4. The van der Waals surface area contributed by atoms with Gasteiger partial charge in [-0.15, -0.1) is 0 Å². The number of hydrogen-bond acceptors (Lipinski definition) is 4. The lowest BCUT2D eigenvalue weighted by Gasteiger charge is -2.37. The Bertz CT molecular complexity index is 1030. The van der Waals surface area contributed by atoms with Crippen LogP contribution in [0, 0.1) is 5.82 Å². The number of benzene rings is 2. The molecular weight excluding hydrogens is 401 g/mol. The Morgan fingerprint density at radius 1 is 1.13 bits per heavy atom. The SMILES string of the molecule is CC1CN(C[C@@H](C)Oc2ccc3c(-c4ccc(F)cc4Cl)ccnc3c2)CC(C)N1. The molecule has 0 saturated carbocycles. The van der Waals surface area contributed by atoms with Crippen molar-refractivity contribution in [2.75, 3.05) is 19.6 Å². The molecule has 0 radical (unpaired) electrons. The number of fused-ring (bicyclic) bond motifs is 1. The van der Waals surface area contributed by atoms with Gasteiger partial charge in [-0.25, -0.2) is 4.39 Å². The van der Waals surface area contributed by atoms with Crippen LogP contribution >= 0.6 is 11.6 Å². The highest BCUT2D eigenvalue weighted by Crippen LogP contribution is 2.34. The molecule has 1 saturated heterocycles. The molecule has 2 heterocycles. The Morgan fingerprint density at radius 3 is 2.63 bits per heavy atom. The Kier molecular flexibility index (Phi) is 6.23. The summed E-state index contributed by atoms with van der Waals surface area (Å²) >= 11 is 6.28. The fraction of sp³-hybridized carbons (Fsp3) is 0.375. The second-order valence-corrected chi connectivity index (χ2v) is 8.68. The monoisotopic (exact) mass is 427 g/mol. The molecule has 0 amide bonds. The van der Waals surface area contributed by atoms with Gasteiger partial charge in [-0.05, 0) is 62.7 Å². The zero-order valence-electron chi connectivity index (χ0n) is 17.5. The zero-order chi connectivity index (χ0) is 21.3. The molecule has 2 aromatic carbocycles. The van der Waals surface area contributed by atoms with Crippen molar-refractivity contribution in [3.05, 3.63) is 59.5 Å². The first-order valence-corrected chi connectivity index (χ1v) is 10.8. The van der Waals surface area contributed by atoms with Crippen LogP contribution in [-0.4, -0.2) is 47.7 Å². The van der Waals surface area contributed by atoms with Crippen molar-refractivity contribution >= 4 is 22.5 Å². The second-order valence-electron chi connectivity index (χ2n) is 8.28.